The van der Waals surface area contributed by atoms with Crippen LogP contribution in [0.4, 0.5) is 0 Å². The number of esters is 1. The summed E-state index contributed by atoms with van der Waals surface area (Å²) in [6, 6.07) is 9.45. The highest BCUT2D eigenvalue weighted by Crippen LogP contribution is 2.19. The summed E-state index contributed by atoms with van der Waals surface area (Å²) in [6.07, 6.45) is 0.643. The van der Waals surface area contributed by atoms with E-state index >= 15 is 0 Å². The molecule has 1 N–H and O–H groups in total. The third kappa shape index (κ3) is 3.07. The second-order valence-electron chi connectivity index (χ2n) is 3.77. The van der Waals surface area contributed by atoms with Crippen LogP contribution in [0.25, 0.3) is 0 Å². The van der Waals surface area contributed by atoms with E-state index < -0.39 is 11.6 Å². The van der Waals surface area contributed by atoms with E-state index in [0.29, 0.717) is 12.8 Å². The lowest BCUT2D eigenvalue weighted by Crippen LogP contribution is -2.41. The molecule has 3 nitrogen and oxygen atoms in total. The molecule has 0 spiro atoms. The van der Waals surface area contributed by atoms with Gasteiger partial charge in [0, 0.05) is 6.42 Å². The summed E-state index contributed by atoms with van der Waals surface area (Å²) < 4.78 is 4.88. The SMILES string of the molecule is CCOC(=O)C(O)(CC)Cc1ccccc1. The zero-order chi connectivity index (χ0) is 12.0. The highest BCUT2D eigenvalue weighted by atomic mass is 16.5. The largest absolute Gasteiger partial charge is 0.464 e. The summed E-state index contributed by atoms with van der Waals surface area (Å²) in [5.74, 6) is -0.540. The van der Waals surface area contributed by atoms with E-state index in [1.54, 1.807) is 13.8 Å². The van der Waals surface area contributed by atoms with Crippen LogP contribution in [0.2, 0.25) is 0 Å². The number of ether oxygens (including phenoxy) is 1. The fourth-order valence-corrected chi connectivity index (χ4v) is 1.54. The monoisotopic (exact) mass is 222 g/mol. The van der Waals surface area contributed by atoms with Crippen molar-refractivity contribution in [2.45, 2.75) is 32.3 Å². The molecule has 0 heterocycles. The topological polar surface area (TPSA) is 46.5 Å². The quantitative estimate of drug-likeness (QED) is 0.774. The Morgan fingerprint density at radius 3 is 2.44 bits per heavy atom. The summed E-state index contributed by atoms with van der Waals surface area (Å²) in [5, 5.41) is 10.2. The van der Waals surface area contributed by atoms with Gasteiger partial charge in [0.05, 0.1) is 6.61 Å². The van der Waals surface area contributed by atoms with Crippen LogP contribution in [-0.2, 0) is 16.0 Å². The Morgan fingerprint density at radius 1 is 1.31 bits per heavy atom. The minimum Gasteiger partial charge on any atom is -0.464 e. The zero-order valence-electron chi connectivity index (χ0n) is 9.77. The standard InChI is InChI=1S/C13H18O3/c1-3-13(15,12(14)16-4-2)10-11-8-6-5-7-9-11/h5-9,15H,3-4,10H2,1-2H3. The molecule has 3 heteroatoms. The number of carbonyl (C=O) groups excluding carboxylic acids is 1. The molecular weight excluding hydrogens is 204 g/mol. The molecule has 1 aromatic rings. The maximum Gasteiger partial charge on any atom is 0.338 e. The lowest BCUT2D eigenvalue weighted by atomic mass is 9.92. The first-order valence-corrected chi connectivity index (χ1v) is 5.56. The highest BCUT2D eigenvalue weighted by molar-refractivity contribution is 5.79. The van der Waals surface area contributed by atoms with Crippen molar-refractivity contribution in [2.24, 2.45) is 0 Å². The van der Waals surface area contributed by atoms with Gasteiger partial charge in [-0.2, -0.15) is 0 Å². The third-order valence-electron chi connectivity index (χ3n) is 2.58. The van der Waals surface area contributed by atoms with Gasteiger partial charge in [-0.1, -0.05) is 37.3 Å². The van der Waals surface area contributed by atoms with Crippen molar-refractivity contribution in [3.8, 4) is 0 Å². The van der Waals surface area contributed by atoms with Crippen LogP contribution in [0.15, 0.2) is 30.3 Å². The Hall–Kier alpha value is -1.35. The summed E-state index contributed by atoms with van der Waals surface area (Å²) in [6.45, 7) is 3.80. The predicted molar refractivity (Wildman–Crippen MR) is 62.0 cm³/mol. The van der Waals surface area contributed by atoms with Gasteiger partial charge in [-0.25, -0.2) is 4.79 Å². The van der Waals surface area contributed by atoms with E-state index in [1.165, 1.54) is 0 Å². The molecular formula is C13H18O3. The number of rotatable bonds is 5. The summed E-state index contributed by atoms with van der Waals surface area (Å²) in [7, 11) is 0. The first kappa shape index (κ1) is 12.7. The lowest BCUT2D eigenvalue weighted by Gasteiger charge is -2.24. The molecule has 0 saturated heterocycles. The molecule has 16 heavy (non-hydrogen) atoms. The molecule has 0 aliphatic carbocycles. The Labute approximate surface area is 96.1 Å². The Morgan fingerprint density at radius 2 is 1.94 bits per heavy atom. The highest BCUT2D eigenvalue weighted by Gasteiger charge is 2.35. The van der Waals surface area contributed by atoms with Crippen molar-refractivity contribution in [3.63, 3.8) is 0 Å². The van der Waals surface area contributed by atoms with Crippen molar-refractivity contribution in [1.29, 1.82) is 0 Å². The molecule has 88 valence electrons. The summed E-state index contributed by atoms with van der Waals surface area (Å²) in [4.78, 5) is 11.6. The van der Waals surface area contributed by atoms with E-state index in [0.717, 1.165) is 5.56 Å². The maximum atomic E-state index is 11.6. The average Bonchev–Trinajstić information content (AvgIpc) is 2.30. The average molecular weight is 222 g/mol. The second kappa shape index (κ2) is 5.66. The number of hydrogen-bond acceptors (Lipinski definition) is 3. The first-order valence-electron chi connectivity index (χ1n) is 5.56. The van der Waals surface area contributed by atoms with Gasteiger partial charge in [-0.15, -0.1) is 0 Å². The van der Waals surface area contributed by atoms with Gasteiger partial charge in [0.25, 0.3) is 0 Å². The molecule has 0 fully saturated rings. The van der Waals surface area contributed by atoms with E-state index in [4.69, 9.17) is 4.74 Å². The number of carbonyl (C=O) groups is 1. The van der Waals surface area contributed by atoms with Gasteiger partial charge in [-0.05, 0) is 18.9 Å². The summed E-state index contributed by atoms with van der Waals surface area (Å²) in [5.41, 5.74) is -0.475. The second-order valence-corrected chi connectivity index (χ2v) is 3.77. The molecule has 0 aliphatic heterocycles. The van der Waals surface area contributed by atoms with Gasteiger partial charge < -0.3 is 9.84 Å². The van der Waals surface area contributed by atoms with Crippen molar-refractivity contribution in [3.05, 3.63) is 35.9 Å². The number of benzene rings is 1. The molecule has 0 bridgehead atoms. The van der Waals surface area contributed by atoms with Crippen molar-refractivity contribution in [2.75, 3.05) is 6.61 Å². The minimum atomic E-state index is -1.41. The molecule has 0 aromatic heterocycles. The Kier molecular flexibility index (Phi) is 4.50. The van der Waals surface area contributed by atoms with Crippen LogP contribution in [0.3, 0.4) is 0 Å². The Bertz CT molecular complexity index is 334. The summed E-state index contributed by atoms with van der Waals surface area (Å²) >= 11 is 0. The van der Waals surface area contributed by atoms with E-state index in [9.17, 15) is 9.90 Å². The van der Waals surface area contributed by atoms with Crippen LogP contribution < -0.4 is 0 Å². The molecule has 0 aliphatic rings. The smallest absolute Gasteiger partial charge is 0.338 e. The van der Waals surface area contributed by atoms with E-state index in [1.807, 2.05) is 30.3 Å². The lowest BCUT2D eigenvalue weighted by molar-refractivity contribution is -0.165. The molecule has 1 atom stereocenters. The fourth-order valence-electron chi connectivity index (χ4n) is 1.54. The maximum absolute atomic E-state index is 11.6. The number of hydrogen-bond donors (Lipinski definition) is 1. The molecule has 1 aromatic carbocycles. The minimum absolute atomic E-state index is 0.288. The first-order chi connectivity index (χ1) is 7.62. The van der Waals surface area contributed by atoms with Gasteiger partial charge in [0.1, 0.15) is 0 Å². The fraction of sp³-hybridized carbons (Fsp3) is 0.462. The molecule has 1 unspecified atom stereocenters. The van der Waals surface area contributed by atoms with E-state index in [2.05, 4.69) is 0 Å². The number of aliphatic hydroxyl groups is 1. The van der Waals surface area contributed by atoms with Crippen LogP contribution in [-0.4, -0.2) is 23.3 Å². The van der Waals surface area contributed by atoms with Crippen molar-refractivity contribution < 1.29 is 14.6 Å². The van der Waals surface area contributed by atoms with E-state index in [-0.39, 0.29) is 6.61 Å². The molecule has 0 radical (unpaired) electrons. The molecule has 1 rings (SSSR count). The molecule has 0 saturated carbocycles. The Balaban J connectivity index is 2.78. The van der Waals surface area contributed by atoms with Crippen molar-refractivity contribution in [1.82, 2.24) is 0 Å². The zero-order valence-corrected chi connectivity index (χ0v) is 9.77. The van der Waals surface area contributed by atoms with Crippen LogP contribution in [0, 0.1) is 0 Å². The normalized spacial score (nSPS) is 14.2. The van der Waals surface area contributed by atoms with Gasteiger partial charge in [0.2, 0.25) is 0 Å². The predicted octanol–water partition coefficient (Wildman–Crippen LogP) is 1.93. The van der Waals surface area contributed by atoms with Gasteiger partial charge in [-0.3, -0.25) is 0 Å². The third-order valence-corrected chi connectivity index (χ3v) is 2.58. The van der Waals surface area contributed by atoms with Gasteiger partial charge in [0.15, 0.2) is 5.60 Å². The van der Waals surface area contributed by atoms with Gasteiger partial charge >= 0.3 is 5.97 Å². The van der Waals surface area contributed by atoms with Crippen LogP contribution >= 0.6 is 0 Å². The van der Waals surface area contributed by atoms with Crippen molar-refractivity contribution >= 4 is 5.97 Å². The van der Waals surface area contributed by atoms with Crippen LogP contribution in [0.1, 0.15) is 25.8 Å². The van der Waals surface area contributed by atoms with Crippen LogP contribution in [0.5, 0.6) is 0 Å². The molecule has 0 amide bonds.